The molecule has 8 heteroatoms. The van der Waals surface area contributed by atoms with Crippen molar-refractivity contribution in [2.45, 2.75) is 43.9 Å². The highest BCUT2D eigenvalue weighted by molar-refractivity contribution is 5.94. The van der Waals surface area contributed by atoms with Crippen LogP contribution in [0.25, 0.3) is 0 Å². The average Bonchev–Trinajstić information content (AvgIpc) is 3.47. The lowest BCUT2D eigenvalue weighted by Gasteiger charge is -2.35. The van der Waals surface area contributed by atoms with Gasteiger partial charge in [0.2, 0.25) is 0 Å². The van der Waals surface area contributed by atoms with Crippen molar-refractivity contribution in [3.05, 3.63) is 89.0 Å². The van der Waals surface area contributed by atoms with E-state index >= 15 is 0 Å². The Morgan fingerprint density at radius 1 is 0.927 bits per heavy atom. The van der Waals surface area contributed by atoms with Gasteiger partial charge in [0.1, 0.15) is 11.5 Å². The number of hydrogen-bond donors (Lipinski definition) is 1. The fourth-order valence-electron chi connectivity index (χ4n) is 6.15. The summed E-state index contributed by atoms with van der Waals surface area (Å²) in [4.78, 5) is 29.3. The smallest absolute Gasteiger partial charge is 0.253 e. The fourth-order valence-corrected chi connectivity index (χ4v) is 6.15. The second-order valence-electron chi connectivity index (χ2n) is 11.2. The lowest BCUT2D eigenvalue weighted by molar-refractivity contribution is -0.178. The molecule has 2 heterocycles. The largest absolute Gasteiger partial charge is 0.457 e. The maximum Gasteiger partial charge on any atom is 0.253 e. The molecule has 0 radical (unpaired) electrons. The molecule has 41 heavy (non-hydrogen) atoms. The summed E-state index contributed by atoms with van der Waals surface area (Å²) >= 11 is 0. The Labute approximate surface area is 241 Å². The van der Waals surface area contributed by atoms with Gasteiger partial charge in [-0.15, -0.1) is 0 Å². The SMILES string of the molecule is Nc1ccc(CN2CCN(C(=O)c3ccc(Oc4ccc(C5CCC6(CC5)OCCO6)cc4C=O)cc3)CC2)cc1. The highest BCUT2D eigenvalue weighted by Crippen LogP contribution is 2.43. The maximum absolute atomic E-state index is 13.1. The Balaban J connectivity index is 1.03. The minimum absolute atomic E-state index is 0.0179. The molecule has 0 unspecified atom stereocenters. The molecule has 8 nitrogen and oxygen atoms in total. The number of hydrogen-bond acceptors (Lipinski definition) is 7. The van der Waals surface area contributed by atoms with Crippen LogP contribution in [0.1, 0.15) is 63.4 Å². The third-order valence-corrected chi connectivity index (χ3v) is 8.57. The molecule has 1 spiro atoms. The van der Waals surface area contributed by atoms with Gasteiger partial charge < -0.3 is 24.8 Å². The first-order chi connectivity index (χ1) is 20.0. The van der Waals surface area contributed by atoms with Gasteiger partial charge in [0.25, 0.3) is 5.91 Å². The number of ether oxygens (including phenoxy) is 3. The third kappa shape index (κ3) is 6.30. The Kier molecular flexibility index (Phi) is 8.05. The first-order valence-electron chi connectivity index (χ1n) is 14.5. The van der Waals surface area contributed by atoms with Crippen LogP contribution in [0.3, 0.4) is 0 Å². The van der Waals surface area contributed by atoms with Crippen molar-refractivity contribution in [1.29, 1.82) is 0 Å². The van der Waals surface area contributed by atoms with Crippen molar-refractivity contribution in [1.82, 2.24) is 9.80 Å². The van der Waals surface area contributed by atoms with Gasteiger partial charge in [-0.05, 0) is 78.4 Å². The summed E-state index contributed by atoms with van der Waals surface area (Å²) in [6, 6.07) is 21.0. The summed E-state index contributed by atoms with van der Waals surface area (Å²) in [5.41, 5.74) is 10.1. The van der Waals surface area contributed by atoms with Crippen molar-refractivity contribution >= 4 is 17.9 Å². The van der Waals surface area contributed by atoms with Crippen LogP contribution in [0, 0.1) is 0 Å². The molecule has 214 valence electrons. The minimum atomic E-state index is -0.396. The number of carbonyl (C=O) groups excluding carboxylic acids is 2. The van der Waals surface area contributed by atoms with E-state index in [0.29, 0.717) is 54.8 Å². The van der Waals surface area contributed by atoms with E-state index in [9.17, 15) is 9.59 Å². The van der Waals surface area contributed by atoms with Gasteiger partial charge in [0.05, 0.1) is 18.8 Å². The monoisotopic (exact) mass is 555 g/mol. The summed E-state index contributed by atoms with van der Waals surface area (Å²) < 4.78 is 17.8. The molecule has 3 fully saturated rings. The number of carbonyl (C=O) groups is 2. The van der Waals surface area contributed by atoms with E-state index in [1.807, 2.05) is 35.2 Å². The predicted molar refractivity (Wildman–Crippen MR) is 156 cm³/mol. The molecule has 0 aromatic heterocycles. The first-order valence-corrected chi connectivity index (χ1v) is 14.5. The molecule has 1 aliphatic carbocycles. The standard InChI is InChI=1S/C33H37N3O5/c34-29-6-1-24(2-7-29)22-35-15-17-36(18-16-35)32(38)26-3-8-30(9-4-26)41-31-10-5-27(21-28(31)23-37)25-11-13-33(14-12-25)39-19-20-40-33/h1-10,21,23,25H,11-20,22,34H2. The minimum Gasteiger partial charge on any atom is -0.457 e. The normalized spacial score (nSPS) is 19.4. The molecule has 1 amide bonds. The Morgan fingerprint density at radius 2 is 1.61 bits per heavy atom. The molecular formula is C33H37N3O5. The quantitative estimate of drug-likeness (QED) is 0.315. The van der Waals surface area contributed by atoms with E-state index in [1.165, 1.54) is 5.56 Å². The third-order valence-electron chi connectivity index (χ3n) is 8.57. The number of aldehydes is 1. The van der Waals surface area contributed by atoms with Crippen LogP contribution >= 0.6 is 0 Å². The van der Waals surface area contributed by atoms with Crippen molar-refractivity contribution in [3.8, 4) is 11.5 Å². The molecular weight excluding hydrogens is 518 g/mol. The van der Waals surface area contributed by atoms with Gasteiger partial charge in [0, 0.05) is 56.8 Å². The van der Waals surface area contributed by atoms with Gasteiger partial charge in [0.15, 0.2) is 12.1 Å². The second-order valence-corrected chi connectivity index (χ2v) is 11.2. The number of benzene rings is 3. The number of amides is 1. The van der Waals surface area contributed by atoms with E-state index in [0.717, 1.165) is 62.9 Å². The van der Waals surface area contributed by atoms with Crippen molar-refractivity contribution < 1.29 is 23.8 Å². The highest BCUT2D eigenvalue weighted by atomic mass is 16.7. The van der Waals surface area contributed by atoms with E-state index in [-0.39, 0.29) is 5.91 Å². The van der Waals surface area contributed by atoms with Crippen molar-refractivity contribution in [2.75, 3.05) is 45.1 Å². The van der Waals surface area contributed by atoms with Crippen LogP contribution in [0.15, 0.2) is 66.7 Å². The average molecular weight is 556 g/mol. The van der Waals surface area contributed by atoms with Crippen LogP contribution in [0.2, 0.25) is 0 Å². The molecule has 3 aromatic carbocycles. The van der Waals surface area contributed by atoms with Gasteiger partial charge in [-0.2, -0.15) is 0 Å². The summed E-state index contributed by atoms with van der Waals surface area (Å²) in [5, 5.41) is 0. The molecule has 1 saturated carbocycles. The van der Waals surface area contributed by atoms with Crippen LogP contribution < -0.4 is 10.5 Å². The van der Waals surface area contributed by atoms with Gasteiger partial charge in [-0.1, -0.05) is 18.2 Å². The Bertz CT molecular complexity index is 1350. The molecule has 6 rings (SSSR count). The number of nitrogens with zero attached hydrogens (tertiary/aromatic N) is 2. The topological polar surface area (TPSA) is 94.3 Å². The molecule has 3 aliphatic rings. The van der Waals surface area contributed by atoms with Gasteiger partial charge in [-0.3, -0.25) is 14.5 Å². The zero-order chi connectivity index (χ0) is 28.2. The van der Waals surface area contributed by atoms with E-state index in [2.05, 4.69) is 17.0 Å². The first kappa shape index (κ1) is 27.4. The predicted octanol–water partition coefficient (Wildman–Crippen LogP) is 5.23. The van der Waals surface area contributed by atoms with E-state index in [1.54, 1.807) is 24.3 Å². The molecule has 0 atom stereocenters. The zero-order valence-electron chi connectivity index (χ0n) is 23.3. The molecule has 0 bridgehead atoms. The zero-order valence-corrected chi connectivity index (χ0v) is 23.3. The van der Waals surface area contributed by atoms with Crippen LogP contribution in [0.4, 0.5) is 5.69 Å². The summed E-state index contributed by atoms with van der Waals surface area (Å²) in [5.74, 6) is 1.08. The van der Waals surface area contributed by atoms with E-state index < -0.39 is 5.79 Å². The molecule has 2 saturated heterocycles. The lowest BCUT2D eigenvalue weighted by atomic mass is 9.80. The van der Waals surface area contributed by atoms with Crippen LogP contribution in [0.5, 0.6) is 11.5 Å². The van der Waals surface area contributed by atoms with Gasteiger partial charge in [-0.25, -0.2) is 0 Å². The highest BCUT2D eigenvalue weighted by Gasteiger charge is 2.40. The summed E-state index contributed by atoms with van der Waals surface area (Å²) in [6.07, 6.45) is 4.52. The van der Waals surface area contributed by atoms with Crippen molar-refractivity contribution in [3.63, 3.8) is 0 Å². The summed E-state index contributed by atoms with van der Waals surface area (Å²) in [6.45, 7) is 5.21. The number of anilines is 1. The number of piperazine rings is 1. The summed E-state index contributed by atoms with van der Waals surface area (Å²) in [7, 11) is 0. The second kappa shape index (κ2) is 12.0. The molecule has 2 N–H and O–H groups in total. The van der Waals surface area contributed by atoms with Crippen molar-refractivity contribution in [2.24, 2.45) is 0 Å². The molecule has 2 aliphatic heterocycles. The number of nitrogens with two attached hydrogens (primary N) is 1. The number of rotatable bonds is 7. The van der Waals surface area contributed by atoms with E-state index in [4.69, 9.17) is 19.9 Å². The molecule has 3 aromatic rings. The Hall–Kier alpha value is -3.72. The lowest BCUT2D eigenvalue weighted by Crippen LogP contribution is -2.48. The maximum atomic E-state index is 13.1. The number of nitrogen functional groups attached to an aromatic ring is 1. The van der Waals surface area contributed by atoms with Crippen LogP contribution in [-0.4, -0.2) is 67.2 Å². The Morgan fingerprint density at radius 3 is 2.27 bits per heavy atom. The van der Waals surface area contributed by atoms with Gasteiger partial charge >= 0.3 is 0 Å². The fraction of sp³-hybridized carbons (Fsp3) is 0.394. The van der Waals surface area contributed by atoms with Crippen LogP contribution in [-0.2, 0) is 16.0 Å².